The number of carboxylic acid groups (broad SMARTS) is 1. The maximum atomic E-state index is 12.4. The predicted octanol–water partition coefficient (Wildman–Crippen LogP) is 5.39. The summed E-state index contributed by atoms with van der Waals surface area (Å²) in [7, 11) is 0. The van der Waals surface area contributed by atoms with Gasteiger partial charge in [-0.3, -0.25) is 9.69 Å². The van der Waals surface area contributed by atoms with Gasteiger partial charge in [-0.2, -0.15) is 0 Å². The Morgan fingerprint density at radius 1 is 0.892 bits per heavy atom. The van der Waals surface area contributed by atoms with Crippen LogP contribution < -0.4 is 4.74 Å². The van der Waals surface area contributed by atoms with Crippen LogP contribution in [0.4, 0.5) is 0 Å². The monoisotopic (exact) mass is 497 g/mol. The normalized spacial score (nSPS) is 14.8. The van der Waals surface area contributed by atoms with Gasteiger partial charge in [-0.1, -0.05) is 73.7 Å². The number of morpholine rings is 1. The van der Waals surface area contributed by atoms with Crippen LogP contribution >= 0.6 is 0 Å². The number of esters is 1. The van der Waals surface area contributed by atoms with Gasteiger partial charge in [-0.15, -0.1) is 0 Å². The third kappa shape index (κ3) is 7.26. The highest BCUT2D eigenvalue weighted by Crippen LogP contribution is 2.35. The summed E-state index contributed by atoms with van der Waals surface area (Å²) in [5, 5.41) is 8.92. The quantitative estimate of drug-likeness (QED) is 0.185. The van der Waals surface area contributed by atoms with Crippen molar-refractivity contribution in [3.63, 3.8) is 0 Å². The first kappa shape index (κ1) is 26.1. The molecule has 1 N–H and O–H groups in total. The fraction of sp³-hybridized carbons (Fsp3) is 0.226. The van der Waals surface area contributed by atoms with E-state index in [1.54, 1.807) is 6.08 Å². The molecule has 4 rings (SSSR count). The van der Waals surface area contributed by atoms with Crippen LogP contribution in [-0.4, -0.2) is 54.8 Å². The van der Waals surface area contributed by atoms with Crippen molar-refractivity contribution in [1.29, 1.82) is 0 Å². The van der Waals surface area contributed by atoms with Gasteiger partial charge in [0.15, 0.2) is 0 Å². The standard InChI is InChI=1S/C31H31NO5/c1-2-28(24-6-4-3-5-7-24)31(25-11-8-23(9-12-25)10-17-29(33)34)26-13-15-27(16-14-26)37-30(35)22-32-18-20-36-21-19-32/h3-17H,2,18-22H2,1H3,(H,33,34). The molecule has 1 aliphatic rings. The lowest BCUT2D eigenvalue weighted by Crippen LogP contribution is -2.40. The zero-order valence-electron chi connectivity index (χ0n) is 20.9. The van der Waals surface area contributed by atoms with Crippen LogP contribution in [0.1, 0.15) is 35.6 Å². The molecule has 0 bridgehead atoms. The van der Waals surface area contributed by atoms with E-state index in [2.05, 4.69) is 19.1 Å². The minimum absolute atomic E-state index is 0.243. The van der Waals surface area contributed by atoms with Gasteiger partial charge in [-0.05, 0) is 58.0 Å². The van der Waals surface area contributed by atoms with E-state index in [1.165, 1.54) is 5.57 Å². The van der Waals surface area contributed by atoms with Gasteiger partial charge in [0.25, 0.3) is 0 Å². The molecule has 0 amide bonds. The van der Waals surface area contributed by atoms with Crippen LogP contribution in [0.3, 0.4) is 0 Å². The van der Waals surface area contributed by atoms with Gasteiger partial charge in [0.2, 0.25) is 0 Å². The fourth-order valence-electron chi connectivity index (χ4n) is 4.40. The molecular weight excluding hydrogens is 466 g/mol. The molecule has 0 radical (unpaired) electrons. The smallest absolute Gasteiger partial charge is 0.328 e. The van der Waals surface area contributed by atoms with Crippen molar-refractivity contribution in [3.05, 3.63) is 107 Å². The molecule has 1 fully saturated rings. The molecule has 190 valence electrons. The topological polar surface area (TPSA) is 76.1 Å². The summed E-state index contributed by atoms with van der Waals surface area (Å²) in [4.78, 5) is 25.3. The zero-order valence-corrected chi connectivity index (χ0v) is 20.9. The van der Waals surface area contributed by atoms with Crippen molar-refractivity contribution in [3.8, 4) is 5.75 Å². The molecule has 6 nitrogen and oxygen atoms in total. The highest BCUT2D eigenvalue weighted by Gasteiger charge is 2.17. The maximum absolute atomic E-state index is 12.4. The first-order valence-electron chi connectivity index (χ1n) is 12.4. The van der Waals surface area contributed by atoms with E-state index in [0.717, 1.165) is 53.4 Å². The number of benzene rings is 3. The summed E-state index contributed by atoms with van der Waals surface area (Å²) in [6.07, 6.45) is 3.52. The van der Waals surface area contributed by atoms with E-state index in [0.29, 0.717) is 19.0 Å². The van der Waals surface area contributed by atoms with Gasteiger partial charge < -0.3 is 14.6 Å². The highest BCUT2D eigenvalue weighted by atomic mass is 16.5. The summed E-state index contributed by atoms with van der Waals surface area (Å²) >= 11 is 0. The molecule has 0 aromatic heterocycles. The number of carbonyl (C=O) groups excluding carboxylic acids is 1. The third-order valence-electron chi connectivity index (χ3n) is 6.23. The minimum Gasteiger partial charge on any atom is -0.478 e. The lowest BCUT2D eigenvalue weighted by molar-refractivity contribution is -0.136. The Morgan fingerprint density at radius 3 is 2.11 bits per heavy atom. The number of ether oxygens (including phenoxy) is 2. The molecular formula is C31H31NO5. The second-order valence-electron chi connectivity index (χ2n) is 8.75. The van der Waals surface area contributed by atoms with Crippen LogP contribution in [0.2, 0.25) is 0 Å². The van der Waals surface area contributed by atoms with Crippen molar-refractivity contribution in [2.24, 2.45) is 0 Å². The van der Waals surface area contributed by atoms with E-state index >= 15 is 0 Å². The molecule has 1 heterocycles. The maximum Gasteiger partial charge on any atom is 0.328 e. The molecule has 0 unspecified atom stereocenters. The van der Waals surface area contributed by atoms with E-state index in [1.807, 2.05) is 71.6 Å². The minimum atomic E-state index is -0.979. The molecule has 0 saturated carbocycles. The number of carbonyl (C=O) groups is 2. The van der Waals surface area contributed by atoms with Crippen molar-refractivity contribution in [2.45, 2.75) is 13.3 Å². The van der Waals surface area contributed by atoms with Gasteiger partial charge in [0.1, 0.15) is 5.75 Å². The lowest BCUT2D eigenvalue weighted by atomic mass is 9.88. The molecule has 6 heteroatoms. The third-order valence-corrected chi connectivity index (χ3v) is 6.23. The highest BCUT2D eigenvalue weighted by molar-refractivity contribution is 5.98. The van der Waals surface area contributed by atoms with Crippen molar-refractivity contribution in [2.75, 3.05) is 32.8 Å². The number of rotatable bonds is 9. The van der Waals surface area contributed by atoms with Crippen LogP contribution in [0.5, 0.6) is 5.75 Å². The summed E-state index contributed by atoms with van der Waals surface area (Å²) in [6.45, 7) is 5.10. The predicted molar refractivity (Wildman–Crippen MR) is 145 cm³/mol. The van der Waals surface area contributed by atoms with Gasteiger partial charge in [0, 0.05) is 19.2 Å². The summed E-state index contributed by atoms with van der Waals surface area (Å²) < 4.78 is 10.9. The number of allylic oxidation sites excluding steroid dienone is 1. The van der Waals surface area contributed by atoms with Crippen LogP contribution in [-0.2, 0) is 14.3 Å². The second-order valence-corrected chi connectivity index (χ2v) is 8.75. The van der Waals surface area contributed by atoms with Crippen molar-refractivity contribution >= 4 is 29.2 Å². The van der Waals surface area contributed by atoms with E-state index in [9.17, 15) is 9.59 Å². The zero-order chi connectivity index (χ0) is 26.0. The van der Waals surface area contributed by atoms with Crippen molar-refractivity contribution in [1.82, 2.24) is 4.90 Å². The number of aliphatic carboxylic acids is 1. The SMILES string of the molecule is CCC(=C(c1ccc(C=CC(=O)O)cc1)c1ccc(OC(=O)CN2CCOCC2)cc1)c1ccccc1. The average molecular weight is 498 g/mol. The Labute approximate surface area is 217 Å². The Morgan fingerprint density at radius 2 is 1.51 bits per heavy atom. The molecule has 1 aliphatic heterocycles. The molecule has 1 saturated heterocycles. The lowest BCUT2D eigenvalue weighted by Gasteiger charge is -2.25. The van der Waals surface area contributed by atoms with Gasteiger partial charge in [0.05, 0.1) is 19.8 Å². The number of hydrogen-bond acceptors (Lipinski definition) is 5. The molecule has 3 aromatic carbocycles. The molecule has 37 heavy (non-hydrogen) atoms. The Hall–Kier alpha value is -4.00. The Bertz CT molecular complexity index is 1260. The van der Waals surface area contributed by atoms with Crippen LogP contribution in [0, 0.1) is 0 Å². The largest absolute Gasteiger partial charge is 0.478 e. The summed E-state index contributed by atoms with van der Waals surface area (Å²) in [6, 6.07) is 25.7. The fourth-order valence-corrected chi connectivity index (χ4v) is 4.40. The molecule has 0 spiro atoms. The van der Waals surface area contributed by atoms with Gasteiger partial charge >= 0.3 is 11.9 Å². The Balaban J connectivity index is 1.63. The molecule has 0 atom stereocenters. The van der Waals surface area contributed by atoms with E-state index < -0.39 is 5.97 Å². The van der Waals surface area contributed by atoms with Crippen molar-refractivity contribution < 1.29 is 24.2 Å². The number of carboxylic acids is 1. The van der Waals surface area contributed by atoms with E-state index in [4.69, 9.17) is 14.6 Å². The molecule has 0 aliphatic carbocycles. The van der Waals surface area contributed by atoms with Gasteiger partial charge in [-0.25, -0.2) is 4.79 Å². The average Bonchev–Trinajstić information content (AvgIpc) is 2.92. The second kappa shape index (κ2) is 12.8. The molecule has 3 aromatic rings. The number of hydrogen-bond donors (Lipinski definition) is 1. The first-order chi connectivity index (χ1) is 18.0. The van der Waals surface area contributed by atoms with Crippen LogP contribution in [0.25, 0.3) is 17.2 Å². The summed E-state index contributed by atoms with van der Waals surface area (Å²) in [5.41, 5.74) is 6.23. The summed E-state index contributed by atoms with van der Waals surface area (Å²) in [5.74, 6) is -0.755. The van der Waals surface area contributed by atoms with Crippen LogP contribution in [0.15, 0.2) is 84.9 Å². The van der Waals surface area contributed by atoms with E-state index in [-0.39, 0.29) is 12.5 Å². The Kier molecular flexibility index (Phi) is 9.03. The number of nitrogens with zero attached hydrogens (tertiary/aromatic N) is 1. The first-order valence-corrected chi connectivity index (χ1v) is 12.4.